The van der Waals surface area contributed by atoms with Gasteiger partial charge in [0, 0.05) is 16.1 Å². The van der Waals surface area contributed by atoms with Crippen LogP contribution in [0.3, 0.4) is 0 Å². The first-order valence-corrected chi connectivity index (χ1v) is 6.31. The molecule has 2 rings (SSSR count). The number of hydrogen-bond donors (Lipinski definition) is 0. The van der Waals surface area contributed by atoms with Crippen LogP contribution in [0.15, 0.2) is 36.4 Å². The van der Waals surface area contributed by atoms with Crippen molar-refractivity contribution in [3.63, 3.8) is 0 Å². The standard InChI is InChI=1S/C13H7Cl3F2O/c14-7-4-5-8(11(6-7)19-13(17)18)12-9(15)2-1-3-10(12)16/h1-6,13H. The zero-order valence-electron chi connectivity index (χ0n) is 9.34. The minimum Gasteiger partial charge on any atom is -0.434 e. The van der Waals surface area contributed by atoms with Crippen LogP contribution in [0.25, 0.3) is 11.1 Å². The molecule has 0 heterocycles. The topological polar surface area (TPSA) is 9.23 Å². The van der Waals surface area contributed by atoms with Crippen LogP contribution in [-0.2, 0) is 0 Å². The molecule has 0 fully saturated rings. The molecule has 0 unspecified atom stereocenters. The summed E-state index contributed by atoms with van der Waals surface area (Å²) in [6.07, 6.45) is 0. The highest BCUT2D eigenvalue weighted by molar-refractivity contribution is 6.39. The van der Waals surface area contributed by atoms with E-state index in [-0.39, 0.29) is 10.8 Å². The Bertz CT molecular complexity index is 582. The van der Waals surface area contributed by atoms with E-state index in [0.717, 1.165) is 0 Å². The van der Waals surface area contributed by atoms with E-state index in [4.69, 9.17) is 34.8 Å². The van der Waals surface area contributed by atoms with Crippen LogP contribution in [0.5, 0.6) is 5.75 Å². The van der Waals surface area contributed by atoms with Gasteiger partial charge in [-0.3, -0.25) is 0 Å². The third-order valence-corrected chi connectivity index (χ3v) is 3.26. The molecule has 1 nitrogen and oxygen atoms in total. The Morgan fingerprint density at radius 3 is 2.16 bits per heavy atom. The summed E-state index contributed by atoms with van der Waals surface area (Å²) in [6.45, 7) is -2.96. The fraction of sp³-hybridized carbons (Fsp3) is 0.0769. The molecule has 0 N–H and O–H groups in total. The van der Waals surface area contributed by atoms with Crippen LogP contribution >= 0.6 is 34.8 Å². The molecule has 0 aliphatic carbocycles. The SMILES string of the molecule is FC(F)Oc1cc(Cl)ccc1-c1c(Cl)cccc1Cl. The first kappa shape index (κ1) is 14.4. The molecule has 0 saturated heterocycles. The number of hydrogen-bond acceptors (Lipinski definition) is 1. The number of benzene rings is 2. The fourth-order valence-corrected chi connectivity index (χ4v) is 2.41. The number of halogens is 5. The maximum absolute atomic E-state index is 12.4. The van der Waals surface area contributed by atoms with Gasteiger partial charge in [-0.1, -0.05) is 40.9 Å². The van der Waals surface area contributed by atoms with Crippen LogP contribution in [-0.4, -0.2) is 6.61 Å². The lowest BCUT2D eigenvalue weighted by Gasteiger charge is -2.13. The summed E-state index contributed by atoms with van der Waals surface area (Å²) < 4.78 is 29.3. The van der Waals surface area contributed by atoms with Crippen molar-refractivity contribution < 1.29 is 13.5 Å². The molecule has 0 aliphatic rings. The first-order valence-electron chi connectivity index (χ1n) is 5.18. The molecule has 6 heteroatoms. The fourth-order valence-electron chi connectivity index (χ4n) is 1.65. The maximum atomic E-state index is 12.4. The van der Waals surface area contributed by atoms with Gasteiger partial charge >= 0.3 is 6.61 Å². The van der Waals surface area contributed by atoms with Gasteiger partial charge in [0.1, 0.15) is 5.75 Å². The Morgan fingerprint density at radius 1 is 0.947 bits per heavy atom. The van der Waals surface area contributed by atoms with E-state index < -0.39 is 6.61 Å². The van der Waals surface area contributed by atoms with E-state index in [0.29, 0.717) is 21.2 Å². The van der Waals surface area contributed by atoms with E-state index in [1.807, 2.05) is 0 Å². The van der Waals surface area contributed by atoms with Crippen molar-refractivity contribution >= 4 is 34.8 Å². The lowest BCUT2D eigenvalue weighted by molar-refractivity contribution is -0.0494. The number of ether oxygens (including phenoxy) is 1. The van der Waals surface area contributed by atoms with Crippen molar-refractivity contribution in [3.8, 4) is 16.9 Å². The second-order valence-electron chi connectivity index (χ2n) is 3.62. The third kappa shape index (κ3) is 3.30. The van der Waals surface area contributed by atoms with Crippen LogP contribution in [0.1, 0.15) is 0 Å². The van der Waals surface area contributed by atoms with Crippen LogP contribution in [0.2, 0.25) is 15.1 Å². The van der Waals surface area contributed by atoms with Gasteiger partial charge in [-0.05, 0) is 30.3 Å². The maximum Gasteiger partial charge on any atom is 0.387 e. The van der Waals surface area contributed by atoms with Gasteiger partial charge in [0.05, 0.1) is 10.0 Å². The lowest BCUT2D eigenvalue weighted by atomic mass is 10.0. The van der Waals surface area contributed by atoms with Gasteiger partial charge in [-0.15, -0.1) is 0 Å². The molecular formula is C13H7Cl3F2O. The van der Waals surface area contributed by atoms with Crippen molar-refractivity contribution in [1.29, 1.82) is 0 Å². The quantitative estimate of drug-likeness (QED) is 0.681. The molecule has 2 aromatic rings. The summed E-state index contributed by atoms with van der Waals surface area (Å²) in [7, 11) is 0. The van der Waals surface area contributed by atoms with Crippen molar-refractivity contribution in [1.82, 2.24) is 0 Å². The molecule has 2 aromatic carbocycles. The minimum atomic E-state index is -2.96. The number of rotatable bonds is 3. The van der Waals surface area contributed by atoms with Crippen molar-refractivity contribution in [2.24, 2.45) is 0 Å². The molecule has 0 spiro atoms. The highest BCUT2D eigenvalue weighted by Gasteiger charge is 2.16. The van der Waals surface area contributed by atoms with Gasteiger partial charge in [0.2, 0.25) is 0 Å². The van der Waals surface area contributed by atoms with Crippen LogP contribution in [0, 0.1) is 0 Å². The highest BCUT2D eigenvalue weighted by atomic mass is 35.5. The van der Waals surface area contributed by atoms with Gasteiger partial charge in [0.15, 0.2) is 0 Å². The normalized spacial score (nSPS) is 10.8. The van der Waals surface area contributed by atoms with Crippen molar-refractivity contribution in [2.45, 2.75) is 6.61 Å². The minimum absolute atomic E-state index is 0.0718. The Kier molecular flexibility index (Phi) is 4.50. The van der Waals surface area contributed by atoms with Crippen LogP contribution in [0.4, 0.5) is 8.78 Å². The molecule has 0 atom stereocenters. The predicted molar refractivity (Wildman–Crippen MR) is 73.5 cm³/mol. The van der Waals surface area contributed by atoms with Gasteiger partial charge in [-0.2, -0.15) is 8.78 Å². The average Bonchev–Trinajstić information content (AvgIpc) is 2.30. The molecule has 100 valence electrons. The molecule has 0 aromatic heterocycles. The van der Waals surface area contributed by atoms with Crippen LogP contribution < -0.4 is 4.74 Å². The highest BCUT2D eigenvalue weighted by Crippen LogP contribution is 2.41. The lowest BCUT2D eigenvalue weighted by Crippen LogP contribution is -2.03. The van der Waals surface area contributed by atoms with Gasteiger partial charge in [0.25, 0.3) is 0 Å². The molecule has 0 saturated carbocycles. The first-order chi connectivity index (χ1) is 8.99. The predicted octanol–water partition coefficient (Wildman–Crippen LogP) is 5.92. The molecule has 0 radical (unpaired) electrons. The Balaban J connectivity index is 2.61. The summed E-state index contributed by atoms with van der Waals surface area (Å²) >= 11 is 17.9. The number of alkyl halides is 2. The van der Waals surface area contributed by atoms with E-state index in [2.05, 4.69) is 4.74 Å². The second-order valence-corrected chi connectivity index (χ2v) is 4.87. The second kappa shape index (κ2) is 5.95. The molecule has 0 aliphatic heterocycles. The van der Waals surface area contributed by atoms with E-state index >= 15 is 0 Å². The van der Waals surface area contributed by atoms with E-state index in [9.17, 15) is 8.78 Å². The monoisotopic (exact) mass is 322 g/mol. The summed E-state index contributed by atoms with van der Waals surface area (Å²) in [4.78, 5) is 0. The zero-order chi connectivity index (χ0) is 14.0. The summed E-state index contributed by atoms with van der Waals surface area (Å²) in [5.74, 6) is -0.0718. The summed E-state index contributed by atoms with van der Waals surface area (Å²) in [5.41, 5.74) is 0.790. The third-order valence-electron chi connectivity index (χ3n) is 2.39. The molecular weight excluding hydrogens is 316 g/mol. The Morgan fingerprint density at radius 2 is 1.58 bits per heavy atom. The smallest absolute Gasteiger partial charge is 0.387 e. The Hall–Kier alpha value is -1.03. The van der Waals surface area contributed by atoms with Crippen molar-refractivity contribution in [2.75, 3.05) is 0 Å². The molecule has 0 bridgehead atoms. The molecule has 19 heavy (non-hydrogen) atoms. The Labute approximate surface area is 123 Å². The van der Waals surface area contributed by atoms with Gasteiger partial charge in [-0.25, -0.2) is 0 Å². The van der Waals surface area contributed by atoms with Crippen molar-refractivity contribution in [3.05, 3.63) is 51.5 Å². The zero-order valence-corrected chi connectivity index (χ0v) is 11.6. The largest absolute Gasteiger partial charge is 0.434 e. The molecule has 0 amide bonds. The van der Waals surface area contributed by atoms with E-state index in [1.165, 1.54) is 12.1 Å². The van der Waals surface area contributed by atoms with Gasteiger partial charge < -0.3 is 4.74 Å². The summed E-state index contributed by atoms with van der Waals surface area (Å²) in [5, 5.41) is 0.963. The average molecular weight is 324 g/mol. The van der Waals surface area contributed by atoms with E-state index in [1.54, 1.807) is 24.3 Å². The summed E-state index contributed by atoms with van der Waals surface area (Å²) in [6, 6.07) is 9.27.